The average molecular weight is 447 g/mol. The van der Waals surface area contributed by atoms with Crippen LogP contribution in [0.4, 0.5) is 4.79 Å². The maximum absolute atomic E-state index is 13.0. The Morgan fingerprint density at radius 2 is 1.93 bits per heavy atom. The number of carbonyl (C=O) groups excluding carboxylic acids is 2. The van der Waals surface area contributed by atoms with E-state index in [1.54, 1.807) is 45.9 Å². The maximum atomic E-state index is 13.0. The van der Waals surface area contributed by atoms with Gasteiger partial charge in [-0.2, -0.15) is 4.31 Å². The van der Waals surface area contributed by atoms with Crippen LogP contribution in [0.25, 0.3) is 0 Å². The molecule has 1 N–H and O–H groups in total. The molecule has 1 saturated heterocycles. The molecule has 1 fully saturated rings. The van der Waals surface area contributed by atoms with Gasteiger partial charge in [0.25, 0.3) is 0 Å². The smallest absolute Gasteiger partial charge is 0.407 e. The number of alkyl carbamates (subject to hydrolysis) is 1. The summed E-state index contributed by atoms with van der Waals surface area (Å²) in [5, 5.41) is 2.81. The van der Waals surface area contributed by atoms with Crippen molar-refractivity contribution in [3.8, 4) is 0 Å². The minimum atomic E-state index is -3.61. The summed E-state index contributed by atoms with van der Waals surface area (Å²) < 4.78 is 32.6. The highest BCUT2D eigenvalue weighted by Crippen LogP contribution is 2.22. The highest BCUT2D eigenvalue weighted by molar-refractivity contribution is 7.89. The summed E-state index contributed by atoms with van der Waals surface area (Å²) in [7, 11) is -3.61. The van der Waals surface area contributed by atoms with E-state index in [1.165, 1.54) is 4.31 Å². The molecule has 0 spiro atoms. The molecule has 0 aromatic heterocycles. The first-order chi connectivity index (χ1) is 13.0. The third-order valence-corrected chi connectivity index (χ3v) is 6.40. The largest absolute Gasteiger partial charge is 0.444 e. The van der Waals surface area contributed by atoms with Crippen LogP contribution in [0.5, 0.6) is 0 Å². The van der Waals surface area contributed by atoms with Crippen molar-refractivity contribution in [1.82, 2.24) is 9.62 Å². The van der Waals surface area contributed by atoms with Crippen molar-refractivity contribution in [2.24, 2.45) is 5.92 Å². The number of hydrogen-bond donors (Lipinski definition) is 1. The molecule has 2 rings (SSSR count). The Labute approximate surface area is 179 Å². The first kappa shape index (κ1) is 25.4. The Morgan fingerprint density at radius 1 is 1.31 bits per heavy atom. The summed E-state index contributed by atoms with van der Waals surface area (Å²) in [6.45, 7) is 7.86. The Hall–Kier alpha value is -1.64. The van der Waals surface area contributed by atoms with E-state index in [4.69, 9.17) is 4.74 Å². The van der Waals surface area contributed by atoms with Gasteiger partial charge in [-0.25, -0.2) is 13.2 Å². The average Bonchev–Trinajstić information content (AvgIpc) is 2.60. The van der Waals surface area contributed by atoms with Gasteiger partial charge in [0, 0.05) is 25.0 Å². The van der Waals surface area contributed by atoms with Gasteiger partial charge in [0.2, 0.25) is 10.0 Å². The van der Waals surface area contributed by atoms with Gasteiger partial charge in [0.1, 0.15) is 11.9 Å². The minimum absolute atomic E-state index is 0. The molecule has 1 aromatic carbocycles. The Morgan fingerprint density at radius 3 is 2.48 bits per heavy atom. The van der Waals surface area contributed by atoms with E-state index in [0.29, 0.717) is 32.4 Å². The van der Waals surface area contributed by atoms with Crippen LogP contribution in [0.3, 0.4) is 0 Å². The summed E-state index contributed by atoms with van der Waals surface area (Å²) in [6, 6.07) is 6.64. The number of aldehydes is 1. The summed E-state index contributed by atoms with van der Waals surface area (Å²) in [5.74, 6) is -0.160. The summed E-state index contributed by atoms with van der Waals surface area (Å²) in [4.78, 5) is 23.0. The predicted molar refractivity (Wildman–Crippen MR) is 114 cm³/mol. The molecule has 1 heterocycles. The normalized spacial score (nSPS) is 17.1. The van der Waals surface area contributed by atoms with Crippen LogP contribution < -0.4 is 5.32 Å². The number of halogens is 1. The van der Waals surface area contributed by atoms with Crippen LogP contribution in [0.2, 0.25) is 0 Å². The number of amides is 1. The van der Waals surface area contributed by atoms with Crippen molar-refractivity contribution in [3.63, 3.8) is 0 Å². The quantitative estimate of drug-likeness (QED) is 0.677. The van der Waals surface area contributed by atoms with Gasteiger partial charge in [0.05, 0.1) is 4.90 Å². The highest BCUT2D eigenvalue weighted by Gasteiger charge is 2.30. The number of sulfonamides is 1. The SMILES string of the molecule is CC(C=O)Cc1cccc(S(=O)(=O)N2CCC(NC(=O)OC(C)(C)C)CC2)c1.Cl. The second-order valence-corrected chi connectivity index (χ2v) is 10.2. The van der Waals surface area contributed by atoms with Crippen LogP contribution in [0.1, 0.15) is 46.1 Å². The number of nitrogens with one attached hydrogen (secondary N) is 1. The molecule has 9 heteroatoms. The Bertz CT molecular complexity index is 799. The molecule has 1 amide bonds. The molecule has 1 unspecified atom stereocenters. The molecule has 1 aliphatic heterocycles. The predicted octanol–water partition coefficient (Wildman–Crippen LogP) is 3.16. The van der Waals surface area contributed by atoms with Gasteiger partial charge in [0.15, 0.2) is 0 Å². The zero-order valence-electron chi connectivity index (χ0n) is 17.4. The minimum Gasteiger partial charge on any atom is -0.444 e. The van der Waals surface area contributed by atoms with Crippen LogP contribution in [0, 0.1) is 5.92 Å². The van der Waals surface area contributed by atoms with E-state index in [2.05, 4.69) is 5.32 Å². The molecule has 7 nitrogen and oxygen atoms in total. The van der Waals surface area contributed by atoms with Crippen molar-refractivity contribution in [2.75, 3.05) is 13.1 Å². The van der Waals surface area contributed by atoms with Crippen LogP contribution in [-0.4, -0.2) is 49.8 Å². The standard InChI is InChI=1S/C20H30N2O5S.ClH/c1-15(14-23)12-16-6-5-7-18(13-16)28(25,26)22-10-8-17(9-11-22)21-19(24)27-20(2,3)4;/h5-7,13-15,17H,8-12H2,1-4H3,(H,21,24);1H. The summed E-state index contributed by atoms with van der Waals surface area (Å²) >= 11 is 0. The number of ether oxygens (including phenoxy) is 1. The molecular weight excluding hydrogens is 416 g/mol. The zero-order chi connectivity index (χ0) is 20.9. The fourth-order valence-corrected chi connectivity index (χ4v) is 4.66. The monoisotopic (exact) mass is 446 g/mol. The van der Waals surface area contributed by atoms with Crippen molar-refractivity contribution in [3.05, 3.63) is 29.8 Å². The van der Waals surface area contributed by atoms with Gasteiger partial charge in [-0.3, -0.25) is 0 Å². The number of rotatable bonds is 6. The molecule has 164 valence electrons. The second kappa shape index (κ2) is 10.4. The Kier molecular flexibility index (Phi) is 9.11. The van der Waals surface area contributed by atoms with E-state index < -0.39 is 21.7 Å². The number of piperidine rings is 1. The number of nitrogens with zero attached hydrogens (tertiary/aromatic N) is 1. The number of hydrogen-bond acceptors (Lipinski definition) is 5. The molecule has 0 aliphatic carbocycles. The Balaban J connectivity index is 0.00000420. The maximum Gasteiger partial charge on any atom is 0.407 e. The first-order valence-electron chi connectivity index (χ1n) is 9.55. The summed E-state index contributed by atoms with van der Waals surface area (Å²) in [6.07, 6.45) is 1.95. The van der Waals surface area contributed by atoms with Crippen molar-refractivity contribution in [2.45, 2.75) is 63.5 Å². The van der Waals surface area contributed by atoms with Gasteiger partial charge in [-0.1, -0.05) is 19.1 Å². The lowest BCUT2D eigenvalue weighted by Crippen LogP contribution is -2.47. The number of carbonyl (C=O) groups is 2. The molecule has 1 aromatic rings. The topological polar surface area (TPSA) is 92.8 Å². The lowest BCUT2D eigenvalue weighted by molar-refractivity contribution is -0.110. The van der Waals surface area contributed by atoms with Crippen molar-refractivity contribution in [1.29, 1.82) is 0 Å². The number of benzene rings is 1. The zero-order valence-corrected chi connectivity index (χ0v) is 19.0. The second-order valence-electron chi connectivity index (χ2n) is 8.29. The van der Waals surface area contributed by atoms with E-state index in [-0.39, 0.29) is 29.3 Å². The van der Waals surface area contributed by atoms with Crippen molar-refractivity contribution < 1.29 is 22.7 Å². The first-order valence-corrected chi connectivity index (χ1v) is 11.0. The van der Waals surface area contributed by atoms with Crippen LogP contribution in [-0.2, 0) is 26.0 Å². The fourth-order valence-electron chi connectivity index (χ4n) is 3.12. The molecule has 0 radical (unpaired) electrons. The molecule has 1 aliphatic rings. The third kappa shape index (κ3) is 7.60. The highest BCUT2D eigenvalue weighted by atomic mass is 35.5. The van der Waals surface area contributed by atoms with Crippen molar-refractivity contribution >= 4 is 34.8 Å². The van der Waals surface area contributed by atoms with E-state index in [9.17, 15) is 18.0 Å². The molecule has 0 saturated carbocycles. The van der Waals surface area contributed by atoms with E-state index in [0.717, 1.165) is 11.8 Å². The molecular formula is C20H31ClN2O5S. The summed E-state index contributed by atoms with van der Waals surface area (Å²) in [5.41, 5.74) is 0.252. The molecule has 1 atom stereocenters. The molecule has 0 bridgehead atoms. The fraction of sp³-hybridized carbons (Fsp3) is 0.600. The van der Waals surface area contributed by atoms with Gasteiger partial charge in [-0.05, 0) is 57.7 Å². The van der Waals surface area contributed by atoms with Gasteiger partial charge in [-0.15, -0.1) is 12.4 Å². The van der Waals surface area contributed by atoms with Gasteiger partial charge < -0.3 is 14.8 Å². The van der Waals surface area contributed by atoms with E-state index in [1.807, 2.05) is 6.07 Å². The molecule has 29 heavy (non-hydrogen) atoms. The lowest BCUT2D eigenvalue weighted by atomic mass is 10.0. The van der Waals surface area contributed by atoms with Crippen LogP contribution >= 0.6 is 12.4 Å². The van der Waals surface area contributed by atoms with Gasteiger partial charge >= 0.3 is 6.09 Å². The lowest BCUT2D eigenvalue weighted by Gasteiger charge is -2.32. The van der Waals surface area contributed by atoms with Crippen LogP contribution in [0.15, 0.2) is 29.2 Å². The third-order valence-electron chi connectivity index (χ3n) is 4.50. The van der Waals surface area contributed by atoms with E-state index >= 15 is 0 Å².